The Bertz CT molecular complexity index is 419. The average molecular weight is 156 g/mol. The number of aliphatic imine (C=N–C) groups is 1. The van der Waals surface area contributed by atoms with Crippen molar-refractivity contribution < 1.29 is 0 Å². The lowest BCUT2D eigenvalue weighted by molar-refractivity contribution is 1.24. The Kier molecular flexibility index (Phi) is 0.987. The fourth-order valence-electron chi connectivity index (χ4n) is 1.72. The van der Waals surface area contributed by atoms with Crippen molar-refractivity contribution >= 4 is 11.8 Å². The Labute approximate surface area is 70.3 Å². The predicted molar refractivity (Wildman–Crippen MR) is 49.1 cm³/mol. The van der Waals surface area contributed by atoms with Gasteiger partial charge in [0.25, 0.3) is 0 Å². The summed E-state index contributed by atoms with van der Waals surface area (Å²) in [5.74, 6) is 0. The summed E-state index contributed by atoms with van der Waals surface area (Å²) in [6.07, 6.45) is 9.07. The lowest BCUT2D eigenvalue weighted by atomic mass is 9.94. The van der Waals surface area contributed by atoms with Crippen LogP contribution in [0.1, 0.15) is 17.7 Å². The molecule has 0 aromatic carbocycles. The molecule has 12 heavy (non-hydrogen) atoms. The van der Waals surface area contributed by atoms with E-state index in [0.29, 0.717) is 0 Å². The van der Waals surface area contributed by atoms with E-state index in [4.69, 9.17) is 0 Å². The van der Waals surface area contributed by atoms with Crippen molar-refractivity contribution in [1.29, 1.82) is 0 Å². The minimum absolute atomic E-state index is 0.987. The molecule has 2 bridgehead atoms. The monoisotopic (exact) mass is 156 g/mol. The third-order valence-corrected chi connectivity index (χ3v) is 2.31. The van der Waals surface area contributed by atoms with Gasteiger partial charge in [0.1, 0.15) is 0 Å². The number of hydrogen-bond donors (Lipinski definition) is 1. The molecule has 0 spiro atoms. The maximum atomic E-state index is 4.34. The van der Waals surface area contributed by atoms with Gasteiger partial charge < -0.3 is 4.98 Å². The van der Waals surface area contributed by atoms with Crippen molar-refractivity contribution in [3.8, 4) is 0 Å². The number of nitrogens with one attached hydrogen (secondary N) is 1. The normalized spacial score (nSPS) is 18.3. The van der Waals surface area contributed by atoms with Gasteiger partial charge in [0, 0.05) is 30.1 Å². The van der Waals surface area contributed by atoms with Crippen LogP contribution < -0.4 is 0 Å². The minimum Gasteiger partial charge on any atom is -0.361 e. The summed E-state index contributed by atoms with van der Waals surface area (Å²) in [7, 11) is 0. The standard InChI is InChI=1S/C10H8N2/c1-3-11-9-5-7(1)6-10-8(9)2-4-12-10/h1-4,6,12H,5H2. The first-order valence-electron chi connectivity index (χ1n) is 4.05. The lowest BCUT2D eigenvalue weighted by Gasteiger charge is -2.15. The van der Waals surface area contributed by atoms with Gasteiger partial charge in [0.2, 0.25) is 0 Å². The Morgan fingerprint density at radius 3 is 3.42 bits per heavy atom. The summed E-state index contributed by atoms with van der Waals surface area (Å²) < 4.78 is 0. The van der Waals surface area contributed by atoms with Gasteiger partial charge >= 0.3 is 0 Å². The fourth-order valence-corrected chi connectivity index (χ4v) is 1.72. The highest BCUT2D eigenvalue weighted by atomic mass is 14.8. The number of H-pyrrole nitrogens is 1. The molecule has 2 nitrogen and oxygen atoms in total. The van der Waals surface area contributed by atoms with Gasteiger partial charge in [0.05, 0.1) is 5.71 Å². The van der Waals surface area contributed by atoms with Crippen molar-refractivity contribution in [2.75, 3.05) is 0 Å². The zero-order valence-corrected chi connectivity index (χ0v) is 6.54. The van der Waals surface area contributed by atoms with Crippen LogP contribution in [0.25, 0.3) is 6.08 Å². The minimum atomic E-state index is 0.987. The Hall–Kier alpha value is -1.57. The fraction of sp³-hybridized carbons (Fsp3) is 0.100. The summed E-state index contributed by atoms with van der Waals surface area (Å²) in [6.45, 7) is 0. The number of hydrogen-bond acceptors (Lipinski definition) is 1. The second-order valence-corrected chi connectivity index (χ2v) is 3.09. The molecule has 1 aliphatic heterocycles. The number of aromatic nitrogens is 1. The summed E-state index contributed by atoms with van der Waals surface area (Å²) in [6, 6.07) is 2.08. The summed E-state index contributed by atoms with van der Waals surface area (Å²) in [4.78, 5) is 7.53. The molecule has 1 N–H and O–H groups in total. The first-order chi connectivity index (χ1) is 5.93. The smallest absolute Gasteiger partial charge is 0.0541 e. The highest BCUT2D eigenvalue weighted by Crippen LogP contribution is 2.26. The highest BCUT2D eigenvalue weighted by Gasteiger charge is 2.17. The average Bonchev–Trinajstić information content (AvgIpc) is 2.53. The van der Waals surface area contributed by atoms with Gasteiger partial charge in [-0.25, -0.2) is 0 Å². The molecule has 2 aliphatic rings. The molecular formula is C10H8N2. The molecule has 1 aromatic heterocycles. The first-order valence-corrected chi connectivity index (χ1v) is 4.05. The largest absolute Gasteiger partial charge is 0.361 e. The van der Waals surface area contributed by atoms with Crippen LogP contribution in [0, 0.1) is 0 Å². The maximum Gasteiger partial charge on any atom is 0.0541 e. The third kappa shape index (κ3) is 0.666. The molecule has 0 atom stereocenters. The summed E-state index contributed by atoms with van der Waals surface area (Å²) in [5, 5.41) is 0. The van der Waals surface area contributed by atoms with Crippen LogP contribution in [-0.2, 0) is 0 Å². The first kappa shape index (κ1) is 6.00. The van der Waals surface area contributed by atoms with E-state index >= 15 is 0 Å². The van der Waals surface area contributed by atoms with E-state index in [1.165, 1.54) is 22.5 Å². The molecule has 0 saturated carbocycles. The van der Waals surface area contributed by atoms with E-state index < -0.39 is 0 Å². The zero-order valence-electron chi connectivity index (χ0n) is 6.54. The van der Waals surface area contributed by atoms with Crippen LogP contribution in [0.15, 0.2) is 35.1 Å². The number of rotatable bonds is 0. The molecule has 0 fully saturated rings. The van der Waals surface area contributed by atoms with Crippen molar-refractivity contribution in [3.63, 3.8) is 0 Å². The van der Waals surface area contributed by atoms with Crippen LogP contribution in [0.5, 0.6) is 0 Å². The SMILES string of the molecule is C1=CC2=Cc3[nH]ccc3C(=N1)C2. The molecule has 0 radical (unpaired) electrons. The van der Waals surface area contributed by atoms with Gasteiger partial charge in [-0.1, -0.05) is 0 Å². The van der Waals surface area contributed by atoms with E-state index in [1.807, 2.05) is 12.4 Å². The van der Waals surface area contributed by atoms with Crippen LogP contribution in [0.2, 0.25) is 0 Å². The summed E-state index contributed by atoms with van der Waals surface area (Å²) in [5.41, 5.74) is 4.98. The predicted octanol–water partition coefficient (Wildman–Crippen LogP) is 2.12. The molecule has 3 rings (SSSR count). The second-order valence-electron chi connectivity index (χ2n) is 3.09. The van der Waals surface area contributed by atoms with E-state index in [1.54, 1.807) is 0 Å². The maximum absolute atomic E-state index is 4.34. The molecule has 1 aromatic rings. The molecular weight excluding hydrogens is 148 g/mol. The lowest BCUT2D eigenvalue weighted by Crippen LogP contribution is -2.09. The molecule has 58 valence electrons. The summed E-state index contributed by atoms with van der Waals surface area (Å²) >= 11 is 0. The number of nitrogens with zero attached hydrogens (tertiary/aromatic N) is 1. The van der Waals surface area contributed by atoms with Crippen LogP contribution >= 0.6 is 0 Å². The second kappa shape index (κ2) is 1.97. The van der Waals surface area contributed by atoms with Crippen molar-refractivity contribution in [2.24, 2.45) is 4.99 Å². The molecule has 2 heterocycles. The van der Waals surface area contributed by atoms with E-state index in [-0.39, 0.29) is 0 Å². The van der Waals surface area contributed by atoms with Crippen LogP contribution in [0.4, 0.5) is 0 Å². The number of aromatic amines is 1. The van der Waals surface area contributed by atoms with Crippen LogP contribution in [-0.4, -0.2) is 10.7 Å². The topological polar surface area (TPSA) is 28.1 Å². The van der Waals surface area contributed by atoms with E-state index in [2.05, 4.69) is 28.2 Å². The Balaban J connectivity index is 2.34. The number of allylic oxidation sites excluding steroid dienone is 2. The van der Waals surface area contributed by atoms with Gasteiger partial charge in [-0.2, -0.15) is 0 Å². The van der Waals surface area contributed by atoms with E-state index in [0.717, 1.165) is 6.42 Å². The molecule has 1 aliphatic carbocycles. The van der Waals surface area contributed by atoms with Gasteiger partial charge in [-0.05, 0) is 23.8 Å². The molecule has 0 amide bonds. The Morgan fingerprint density at radius 2 is 2.42 bits per heavy atom. The quantitative estimate of drug-likeness (QED) is 0.596. The van der Waals surface area contributed by atoms with Gasteiger partial charge in [-0.15, -0.1) is 0 Å². The van der Waals surface area contributed by atoms with Gasteiger partial charge in [0.15, 0.2) is 0 Å². The van der Waals surface area contributed by atoms with Gasteiger partial charge in [-0.3, -0.25) is 4.99 Å². The molecule has 2 heteroatoms. The van der Waals surface area contributed by atoms with E-state index in [9.17, 15) is 0 Å². The Morgan fingerprint density at radius 1 is 1.42 bits per heavy atom. The zero-order chi connectivity index (χ0) is 7.97. The molecule has 0 saturated heterocycles. The highest BCUT2D eigenvalue weighted by molar-refractivity contribution is 6.08. The van der Waals surface area contributed by atoms with Crippen molar-refractivity contribution in [1.82, 2.24) is 4.98 Å². The van der Waals surface area contributed by atoms with Crippen molar-refractivity contribution in [2.45, 2.75) is 6.42 Å². The van der Waals surface area contributed by atoms with Crippen LogP contribution in [0.3, 0.4) is 0 Å². The van der Waals surface area contributed by atoms with Crippen molar-refractivity contribution in [3.05, 3.63) is 41.4 Å². The third-order valence-electron chi connectivity index (χ3n) is 2.31. The molecule has 0 unspecified atom stereocenters. The number of fused-ring (bicyclic) bond motifs is 4.